The Kier molecular flexibility index (Phi) is 4.82. The number of thiazole rings is 1. The van der Waals surface area contributed by atoms with Crippen molar-refractivity contribution in [1.29, 1.82) is 0 Å². The van der Waals surface area contributed by atoms with Gasteiger partial charge in [-0.25, -0.2) is 4.98 Å². The Balaban J connectivity index is 1.72. The molecule has 0 bridgehead atoms. The maximum Gasteiger partial charge on any atom is 0.191 e. The van der Waals surface area contributed by atoms with E-state index in [0.29, 0.717) is 5.92 Å². The molecule has 0 saturated heterocycles. The second kappa shape index (κ2) is 6.84. The van der Waals surface area contributed by atoms with Crippen molar-refractivity contribution < 1.29 is 0 Å². The van der Waals surface area contributed by atoms with Crippen LogP contribution in [-0.4, -0.2) is 19.7 Å². The van der Waals surface area contributed by atoms with Crippen LogP contribution in [0.4, 0.5) is 0 Å². The minimum Gasteiger partial charge on any atom is -0.309 e. The first-order chi connectivity index (χ1) is 11.1. The molecule has 120 valence electrons. The first-order valence-corrected chi connectivity index (χ1v) is 9.45. The van der Waals surface area contributed by atoms with Crippen LogP contribution in [0.5, 0.6) is 0 Å². The van der Waals surface area contributed by atoms with Crippen molar-refractivity contribution in [2.24, 2.45) is 7.05 Å². The Bertz CT molecular complexity index is 805. The molecule has 0 saturated carbocycles. The van der Waals surface area contributed by atoms with Gasteiger partial charge in [0.25, 0.3) is 0 Å². The summed E-state index contributed by atoms with van der Waals surface area (Å²) >= 11 is 3.38. The molecular weight excluding hydrogens is 324 g/mol. The van der Waals surface area contributed by atoms with Crippen molar-refractivity contribution in [1.82, 2.24) is 19.7 Å². The molecule has 23 heavy (non-hydrogen) atoms. The van der Waals surface area contributed by atoms with E-state index in [9.17, 15) is 0 Å². The van der Waals surface area contributed by atoms with Crippen LogP contribution in [0.25, 0.3) is 10.6 Å². The van der Waals surface area contributed by atoms with Gasteiger partial charge in [0, 0.05) is 29.7 Å². The van der Waals surface area contributed by atoms with E-state index in [1.54, 1.807) is 23.1 Å². The summed E-state index contributed by atoms with van der Waals surface area (Å²) in [5.74, 6) is 2.21. The highest BCUT2D eigenvalue weighted by atomic mass is 32.2. The monoisotopic (exact) mass is 344 g/mol. The average Bonchev–Trinajstić information content (AvgIpc) is 3.12. The molecule has 0 fully saturated rings. The fourth-order valence-electron chi connectivity index (χ4n) is 2.40. The minimum atomic E-state index is 0.383. The van der Waals surface area contributed by atoms with Crippen molar-refractivity contribution in [3.63, 3.8) is 0 Å². The Morgan fingerprint density at radius 3 is 2.70 bits per heavy atom. The lowest BCUT2D eigenvalue weighted by Crippen LogP contribution is -2.00. The lowest BCUT2D eigenvalue weighted by Gasteiger charge is -2.05. The molecule has 1 aromatic carbocycles. The van der Waals surface area contributed by atoms with E-state index in [-0.39, 0.29) is 0 Å². The highest BCUT2D eigenvalue weighted by Gasteiger charge is 2.13. The van der Waals surface area contributed by atoms with Crippen LogP contribution in [0.2, 0.25) is 0 Å². The quantitative estimate of drug-likeness (QED) is 0.631. The molecule has 0 aliphatic rings. The minimum absolute atomic E-state index is 0.383. The molecule has 0 atom stereocenters. The van der Waals surface area contributed by atoms with Crippen molar-refractivity contribution in [2.45, 2.75) is 37.6 Å². The van der Waals surface area contributed by atoms with Crippen LogP contribution in [0.1, 0.15) is 36.8 Å². The molecule has 0 unspecified atom stereocenters. The zero-order valence-corrected chi connectivity index (χ0v) is 15.4. The maximum atomic E-state index is 4.77. The highest BCUT2D eigenvalue weighted by Crippen LogP contribution is 2.29. The standard InChI is InChI=1S/C17H20N4S2/c1-11(2)15-19-20-17(21(15)4)23-10-13-9-22-16(18-13)14-8-6-5-7-12(14)3/h5-9,11H,10H2,1-4H3. The van der Waals surface area contributed by atoms with Crippen LogP contribution < -0.4 is 0 Å². The number of aromatic nitrogens is 4. The maximum absolute atomic E-state index is 4.77. The van der Waals surface area contributed by atoms with E-state index in [0.717, 1.165) is 27.4 Å². The van der Waals surface area contributed by atoms with Crippen molar-refractivity contribution in [2.75, 3.05) is 0 Å². The lowest BCUT2D eigenvalue weighted by molar-refractivity contribution is 0.680. The number of aryl methyl sites for hydroxylation is 1. The van der Waals surface area contributed by atoms with E-state index < -0.39 is 0 Å². The second-order valence-electron chi connectivity index (χ2n) is 5.80. The highest BCUT2D eigenvalue weighted by molar-refractivity contribution is 7.98. The van der Waals surface area contributed by atoms with Gasteiger partial charge in [-0.05, 0) is 12.5 Å². The summed E-state index contributed by atoms with van der Waals surface area (Å²) < 4.78 is 2.07. The molecule has 0 aliphatic heterocycles. The normalized spacial score (nSPS) is 11.3. The van der Waals surface area contributed by atoms with Crippen LogP contribution in [-0.2, 0) is 12.8 Å². The second-order valence-corrected chi connectivity index (χ2v) is 7.60. The average molecular weight is 345 g/mol. The van der Waals surface area contributed by atoms with Crippen LogP contribution in [0, 0.1) is 6.92 Å². The predicted molar refractivity (Wildman–Crippen MR) is 96.9 cm³/mol. The Hall–Kier alpha value is -1.66. The summed E-state index contributed by atoms with van der Waals surface area (Å²) in [5.41, 5.74) is 3.57. The van der Waals surface area contributed by atoms with E-state index in [4.69, 9.17) is 4.98 Å². The molecule has 3 aromatic rings. The topological polar surface area (TPSA) is 43.6 Å². The number of benzene rings is 1. The molecule has 3 rings (SSSR count). The smallest absolute Gasteiger partial charge is 0.191 e. The van der Waals surface area contributed by atoms with Gasteiger partial charge in [0.15, 0.2) is 5.16 Å². The van der Waals surface area contributed by atoms with Gasteiger partial charge in [0.1, 0.15) is 10.8 Å². The van der Waals surface area contributed by atoms with Gasteiger partial charge in [-0.3, -0.25) is 0 Å². The van der Waals surface area contributed by atoms with Gasteiger partial charge >= 0.3 is 0 Å². The Labute approximate surface area is 145 Å². The van der Waals surface area contributed by atoms with Gasteiger partial charge in [0.05, 0.1) is 5.69 Å². The number of thioether (sulfide) groups is 1. The summed E-state index contributed by atoms with van der Waals surface area (Å²) in [4.78, 5) is 4.77. The number of nitrogens with zero attached hydrogens (tertiary/aromatic N) is 4. The first-order valence-electron chi connectivity index (χ1n) is 7.58. The Morgan fingerprint density at radius 2 is 2.00 bits per heavy atom. The molecule has 0 spiro atoms. The van der Waals surface area contributed by atoms with Crippen LogP contribution in [0.15, 0.2) is 34.8 Å². The summed E-state index contributed by atoms with van der Waals surface area (Å²) in [5, 5.41) is 12.7. The van der Waals surface area contributed by atoms with Gasteiger partial charge in [-0.2, -0.15) is 0 Å². The molecule has 2 heterocycles. The molecule has 0 aliphatic carbocycles. The van der Waals surface area contributed by atoms with Gasteiger partial charge in [-0.15, -0.1) is 21.5 Å². The number of hydrogen-bond acceptors (Lipinski definition) is 5. The van der Waals surface area contributed by atoms with Gasteiger partial charge < -0.3 is 4.57 Å². The van der Waals surface area contributed by atoms with Crippen molar-refractivity contribution in [3.8, 4) is 10.6 Å². The zero-order chi connectivity index (χ0) is 16.4. The lowest BCUT2D eigenvalue weighted by atomic mass is 10.1. The van der Waals surface area contributed by atoms with Crippen molar-refractivity contribution >= 4 is 23.1 Å². The largest absolute Gasteiger partial charge is 0.309 e. The summed E-state index contributed by atoms with van der Waals surface area (Å²) in [6.07, 6.45) is 0. The van der Waals surface area contributed by atoms with E-state index in [1.165, 1.54) is 11.1 Å². The molecular formula is C17H20N4S2. The molecule has 0 amide bonds. The third-order valence-corrected chi connectivity index (χ3v) is 5.64. The van der Waals surface area contributed by atoms with Crippen molar-refractivity contribution in [3.05, 3.63) is 46.7 Å². The molecule has 4 nitrogen and oxygen atoms in total. The number of rotatable bonds is 5. The third kappa shape index (κ3) is 3.48. The Morgan fingerprint density at radius 1 is 1.22 bits per heavy atom. The fourth-order valence-corrected chi connectivity index (χ4v) is 4.23. The fraction of sp³-hybridized carbons (Fsp3) is 0.353. The van der Waals surface area contributed by atoms with Gasteiger partial charge in [0.2, 0.25) is 0 Å². The summed E-state index contributed by atoms with van der Waals surface area (Å²) in [6, 6.07) is 8.37. The van der Waals surface area contributed by atoms with E-state index >= 15 is 0 Å². The zero-order valence-electron chi connectivity index (χ0n) is 13.8. The van der Waals surface area contributed by atoms with E-state index in [1.807, 2.05) is 7.05 Å². The van der Waals surface area contributed by atoms with E-state index in [2.05, 4.69) is 65.2 Å². The summed E-state index contributed by atoms with van der Waals surface area (Å²) in [6.45, 7) is 6.39. The molecule has 2 aromatic heterocycles. The first kappa shape index (κ1) is 16.2. The molecule has 0 radical (unpaired) electrons. The van der Waals surface area contributed by atoms with Crippen LogP contribution in [0.3, 0.4) is 0 Å². The molecule has 6 heteroatoms. The molecule has 0 N–H and O–H groups in total. The van der Waals surface area contributed by atoms with Gasteiger partial charge in [-0.1, -0.05) is 49.9 Å². The predicted octanol–water partition coefficient (Wildman–Crippen LogP) is 4.66. The third-order valence-electron chi connectivity index (χ3n) is 3.66. The number of hydrogen-bond donors (Lipinski definition) is 0. The van der Waals surface area contributed by atoms with Crippen LogP contribution >= 0.6 is 23.1 Å². The SMILES string of the molecule is Cc1ccccc1-c1nc(CSc2nnc(C(C)C)n2C)cs1. The summed E-state index contributed by atoms with van der Waals surface area (Å²) in [7, 11) is 2.03.